The summed E-state index contributed by atoms with van der Waals surface area (Å²) in [6.07, 6.45) is -2.60. The Labute approximate surface area is 114 Å². The number of oxime groups is 1. The number of ether oxygens (including phenoxy) is 1. The number of amides is 1. The van der Waals surface area contributed by atoms with Crippen LogP contribution < -0.4 is 10.5 Å². The second kappa shape index (κ2) is 7.27. The first-order valence-corrected chi connectivity index (χ1v) is 5.67. The van der Waals surface area contributed by atoms with E-state index in [2.05, 4.69) is 5.16 Å². The van der Waals surface area contributed by atoms with Gasteiger partial charge in [-0.25, -0.2) is 8.78 Å². The zero-order chi connectivity index (χ0) is 15.1. The Hall–Kier alpha value is -2.38. The summed E-state index contributed by atoms with van der Waals surface area (Å²) in [4.78, 5) is 12.4. The summed E-state index contributed by atoms with van der Waals surface area (Å²) in [6, 6.07) is 6.34. The van der Waals surface area contributed by atoms with Gasteiger partial charge in [0, 0.05) is 7.05 Å². The van der Waals surface area contributed by atoms with Gasteiger partial charge in [-0.2, -0.15) is 0 Å². The van der Waals surface area contributed by atoms with Gasteiger partial charge in [-0.1, -0.05) is 17.3 Å². The highest BCUT2D eigenvalue weighted by atomic mass is 19.3. The molecule has 0 bridgehead atoms. The van der Waals surface area contributed by atoms with Gasteiger partial charge in [-0.3, -0.25) is 4.79 Å². The Morgan fingerprint density at radius 3 is 2.75 bits per heavy atom. The van der Waals surface area contributed by atoms with Crippen molar-refractivity contribution in [1.82, 2.24) is 4.90 Å². The maximum atomic E-state index is 12.1. The predicted octanol–water partition coefficient (Wildman–Crippen LogP) is 0.883. The molecule has 0 fully saturated rings. The van der Waals surface area contributed by atoms with Gasteiger partial charge in [0.05, 0.1) is 12.1 Å². The number of hydrogen-bond donors (Lipinski definition) is 2. The molecule has 8 heteroatoms. The number of alkyl halides is 2. The highest BCUT2D eigenvalue weighted by molar-refractivity contribution is 5.99. The van der Waals surface area contributed by atoms with Crippen molar-refractivity contribution in [3.63, 3.8) is 0 Å². The fourth-order valence-corrected chi connectivity index (χ4v) is 1.42. The molecule has 1 amide bonds. The molecule has 0 unspecified atom stereocenters. The van der Waals surface area contributed by atoms with Crippen LogP contribution in [-0.2, 0) is 4.79 Å². The number of carbonyl (C=O) groups is 1. The third kappa shape index (κ3) is 4.38. The average molecular weight is 287 g/mol. The molecule has 0 aliphatic heterocycles. The standard InChI is InChI=1S/C12H15F2N3O3/c1-17(6-10(13)14)11(18)7-20-9-5-3-2-4-8(9)12(15)16-19/h2-5,10,19H,6-7H2,1H3,(H2,15,16). The number of nitrogens with two attached hydrogens (primary N) is 1. The Kier molecular flexibility index (Phi) is 5.70. The molecule has 0 radical (unpaired) electrons. The number of benzene rings is 1. The second-order valence-corrected chi connectivity index (χ2v) is 3.94. The van der Waals surface area contributed by atoms with Gasteiger partial charge >= 0.3 is 0 Å². The molecule has 0 atom stereocenters. The Morgan fingerprint density at radius 1 is 1.50 bits per heavy atom. The largest absolute Gasteiger partial charge is 0.483 e. The van der Waals surface area contributed by atoms with E-state index in [9.17, 15) is 13.6 Å². The van der Waals surface area contributed by atoms with Crippen LogP contribution in [0.1, 0.15) is 5.56 Å². The minimum Gasteiger partial charge on any atom is -0.483 e. The monoisotopic (exact) mass is 287 g/mol. The van der Waals surface area contributed by atoms with E-state index in [1.165, 1.54) is 19.2 Å². The molecule has 3 N–H and O–H groups in total. The molecule has 110 valence electrons. The van der Waals surface area contributed by atoms with Crippen molar-refractivity contribution in [2.75, 3.05) is 20.2 Å². The van der Waals surface area contributed by atoms with Gasteiger partial charge in [0.15, 0.2) is 12.4 Å². The van der Waals surface area contributed by atoms with E-state index in [0.29, 0.717) is 5.56 Å². The lowest BCUT2D eigenvalue weighted by atomic mass is 10.2. The molecule has 0 aliphatic rings. The van der Waals surface area contributed by atoms with E-state index in [0.717, 1.165) is 4.90 Å². The van der Waals surface area contributed by atoms with Crippen LogP contribution in [-0.4, -0.2) is 48.5 Å². The minimum atomic E-state index is -2.60. The number of rotatable bonds is 6. The van der Waals surface area contributed by atoms with Crippen molar-refractivity contribution in [2.45, 2.75) is 6.43 Å². The number of halogens is 2. The molecule has 0 spiro atoms. The summed E-state index contributed by atoms with van der Waals surface area (Å²) in [5, 5.41) is 11.5. The second-order valence-electron chi connectivity index (χ2n) is 3.94. The molecule has 6 nitrogen and oxygen atoms in total. The number of carbonyl (C=O) groups excluding carboxylic acids is 1. The summed E-state index contributed by atoms with van der Waals surface area (Å²) in [6.45, 7) is -1.08. The Bertz CT molecular complexity index is 495. The van der Waals surface area contributed by atoms with Crippen LogP contribution in [0.15, 0.2) is 29.4 Å². The van der Waals surface area contributed by atoms with Crippen molar-refractivity contribution in [3.05, 3.63) is 29.8 Å². The fraction of sp³-hybridized carbons (Fsp3) is 0.333. The zero-order valence-electron chi connectivity index (χ0n) is 10.8. The van der Waals surface area contributed by atoms with Gasteiger partial charge in [-0.15, -0.1) is 0 Å². The normalized spacial score (nSPS) is 11.5. The van der Waals surface area contributed by atoms with Gasteiger partial charge in [-0.05, 0) is 12.1 Å². The van der Waals surface area contributed by atoms with Crippen molar-refractivity contribution in [3.8, 4) is 5.75 Å². The number of amidine groups is 1. The van der Waals surface area contributed by atoms with E-state index >= 15 is 0 Å². The third-order valence-corrected chi connectivity index (χ3v) is 2.46. The molecule has 1 aromatic carbocycles. The van der Waals surface area contributed by atoms with E-state index < -0.39 is 25.5 Å². The average Bonchev–Trinajstić information content (AvgIpc) is 2.43. The SMILES string of the molecule is CN(CC(F)F)C(=O)COc1ccccc1/C(N)=N/O. The number of nitrogens with zero attached hydrogens (tertiary/aromatic N) is 2. The van der Waals surface area contributed by atoms with Crippen LogP contribution >= 0.6 is 0 Å². The van der Waals surface area contributed by atoms with Crippen LogP contribution in [0, 0.1) is 0 Å². The lowest BCUT2D eigenvalue weighted by molar-refractivity contribution is -0.133. The molecular weight excluding hydrogens is 272 g/mol. The third-order valence-electron chi connectivity index (χ3n) is 2.46. The van der Waals surface area contributed by atoms with Crippen molar-refractivity contribution in [2.24, 2.45) is 10.9 Å². The van der Waals surface area contributed by atoms with Crippen LogP contribution in [0.4, 0.5) is 8.78 Å². The zero-order valence-corrected chi connectivity index (χ0v) is 10.8. The lowest BCUT2D eigenvalue weighted by Crippen LogP contribution is -2.35. The van der Waals surface area contributed by atoms with Crippen LogP contribution in [0.5, 0.6) is 5.75 Å². The van der Waals surface area contributed by atoms with Crippen molar-refractivity contribution < 1.29 is 23.5 Å². The van der Waals surface area contributed by atoms with Crippen LogP contribution in [0.25, 0.3) is 0 Å². The number of para-hydroxylation sites is 1. The summed E-state index contributed by atoms with van der Waals surface area (Å²) >= 11 is 0. The molecule has 0 aliphatic carbocycles. The molecule has 0 heterocycles. The first kappa shape index (κ1) is 15.7. The molecule has 0 saturated carbocycles. The minimum absolute atomic E-state index is 0.172. The molecular formula is C12H15F2N3O3. The van der Waals surface area contributed by atoms with Gasteiger partial charge in [0.1, 0.15) is 5.75 Å². The number of hydrogen-bond acceptors (Lipinski definition) is 4. The maximum absolute atomic E-state index is 12.1. The molecule has 1 aromatic rings. The van der Waals surface area contributed by atoms with Crippen molar-refractivity contribution in [1.29, 1.82) is 0 Å². The first-order valence-electron chi connectivity index (χ1n) is 5.67. The first-order chi connectivity index (χ1) is 9.45. The fourth-order valence-electron chi connectivity index (χ4n) is 1.42. The summed E-state index contributed by atoms with van der Waals surface area (Å²) < 4.78 is 29.5. The molecule has 1 rings (SSSR count). The molecule has 20 heavy (non-hydrogen) atoms. The number of likely N-dealkylation sites (N-methyl/N-ethyl adjacent to an activating group) is 1. The van der Waals surface area contributed by atoms with Gasteiger partial charge in [0.2, 0.25) is 0 Å². The van der Waals surface area contributed by atoms with Gasteiger partial charge < -0.3 is 20.6 Å². The van der Waals surface area contributed by atoms with Gasteiger partial charge in [0.25, 0.3) is 12.3 Å². The topological polar surface area (TPSA) is 88.2 Å². The summed E-state index contributed by atoms with van der Waals surface area (Å²) in [5.41, 5.74) is 5.76. The van der Waals surface area contributed by atoms with E-state index in [4.69, 9.17) is 15.7 Å². The lowest BCUT2D eigenvalue weighted by Gasteiger charge is -2.17. The van der Waals surface area contributed by atoms with E-state index in [-0.39, 0.29) is 11.6 Å². The van der Waals surface area contributed by atoms with Crippen LogP contribution in [0.2, 0.25) is 0 Å². The van der Waals surface area contributed by atoms with Crippen molar-refractivity contribution >= 4 is 11.7 Å². The predicted molar refractivity (Wildman–Crippen MR) is 68.1 cm³/mol. The summed E-state index contributed by atoms with van der Waals surface area (Å²) in [7, 11) is 1.26. The Balaban J connectivity index is 2.69. The smallest absolute Gasteiger partial charge is 0.260 e. The highest BCUT2D eigenvalue weighted by Crippen LogP contribution is 2.17. The molecule has 0 aromatic heterocycles. The Morgan fingerprint density at radius 2 is 2.15 bits per heavy atom. The molecule has 0 saturated heterocycles. The quantitative estimate of drug-likeness (QED) is 0.352. The highest BCUT2D eigenvalue weighted by Gasteiger charge is 2.15. The van der Waals surface area contributed by atoms with E-state index in [1.807, 2.05) is 0 Å². The van der Waals surface area contributed by atoms with E-state index in [1.54, 1.807) is 12.1 Å². The maximum Gasteiger partial charge on any atom is 0.260 e. The van der Waals surface area contributed by atoms with Crippen LogP contribution in [0.3, 0.4) is 0 Å². The summed E-state index contributed by atoms with van der Waals surface area (Å²) in [5.74, 6) is -0.546.